The zero-order valence-electron chi connectivity index (χ0n) is 10.7. The van der Waals surface area contributed by atoms with Gasteiger partial charge in [0.05, 0.1) is 18.9 Å². The molecule has 18 heavy (non-hydrogen) atoms. The maximum atomic E-state index is 13.5. The van der Waals surface area contributed by atoms with Gasteiger partial charge in [0.25, 0.3) is 0 Å². The average molecular weight is 253 g/mol. The minimum Gasteiger partial charge on any atom is -0.491 e. The zero-order valence-corrected chi connectivity index (χ0v) is 10.7. The summed E-state index contributed by atoms with van der Waals surface area (Å²) in [5.41, 5.74) is 6.08. The molecular weight excluding hydrogens is 233 g/mol. The van der Waals surface area contributed by atoms with Gasteiger partial charge in [0.2, 0.25) is 0 Å². The first kappa shape index (κ1) is 13.0. The number of hydrogen-bond acceptors (Lipinski definition) is 3. The first-order valence-electron chi connectivity index (χ1n) is 6.55. The summed E-state index contributed by atoms with van der Waals surface area (Å²) in [5.74, 6) is 0.882. The zero-order chi connectivity index (χ0) is 13.0. The van der Waals surface area contributed by atoms with E-state index in [9.17, 15) is 4.39 Å². The molecule has 3 nitrogen and oxygen atoms in total. The number of ether oxygens (including phenoxy) is 2. The predicted molar refractivity (Wildman–Crippen MR) is 69.4 cm³/mol. The highest BCUT2D eigenvalue weighted by molar-refractivity contribution is 5.56. The van der Waals surface area contributed by atoms with Gasteiger partial charge in [-0.3, -0.25) is 0 Å². The van der Waals surface area contributed by atoms with Gasteiger partial charge >= 0.3 is 0 Å². The van der Waals surface area contributed by atoms with Gasteiger partial charge in [-0.1, -0.05) is 12.8 Å². The Labute approximate surface area is 107 Å². The molecule has 0 aromatic heterocycles. The number of anilines is 1. The van der Waals surface area contributed by atoms with E-state index in [1.165, 1.54) is 31.7 Å². The second-order valence-electron chi connectivity index (χ2n) is 4.71. The van der Waals surface area contributed by atoms with E-state index < -0.39 is 5.82 Å². The van der Waals surface area contributed by atoms with Crippen LogP contribution in [0.1, 0.15) is 32.6 Å². The van der Waals surface area contributed by atoms with Crippen LogP contribution in [0.15, 0.2) is 12.1 Å². The molecule has 1 fully saturated rings. The topological polar surface area (TPSA) is 44.5 Å². The summed E-state index contributed by atoms with van der Waals surface area (Å²) in [6, 6.07) is 2.80. The standard InChI is InChI=1S/C14H20FNO2/c1-2-17-13-8-14(12(16)7-11(13)15)18-9-10-5-3-4-6-10/h7-8,10H,2-6,9,16H2,1H3. The fraction of sp³-hybridized carbons (Fsp3) is 0.571. The van der Waals surface area contributed by atoms with E-state index in [0.29, 0.717) is 30.6 Å². The molecule has 0 aliphatic heterocycles. The molecule has 0 radical (unpaired) electrons. The Morgan fingerprint density at radius 1 is 1.22 bits per heavy atom. The second kappa shape index (κ2) is 5.94. The van der Waals surface area contributed by atoms with E-state index in [0.717, 1.165) is 0 Å². The Bertz CT molecular complexity index is 403. The average Bonchev–Trinajstić information content (AvgIpc) is 2.84. The van der Waals surface area contributed by atoms with E-state index >= 15 is 0 Å². The summed E-state index contributed by atoms with van der Waals surface area (Å²) >= 11 is 0. The molecule has 1 aromatic carbocycles. The summed E-state index contributed by atoms with van der Waals surface area (Å²) in [5, 5.41) is 0. The van der Waals surface area contributed by atoms with Crippen LogP contribution in [0.5, 0.6) is 11.5 Å². The third-order valence-corrected chi connectivity index (χ3v) is 3.31. The summed E-state index contributed by atoms with van der Waals surface area (Å²) in [6.45, 7) is 2.89. The number of nitrogens with two attached hydrogens (primary N) is 1. The number of hydrogen-bond donors (Lipinski definition) is 1. The van der Waals surface area contributed by atoms with Gasteiger partial charge < -0.3 is 15.2 Å². The van der Waals surface area contributed by atoms with Crippen LogP contribution in [0.2, 0.25) is 0 Å². The van der Waals surface area contributed by atoms with Gasteiger partial charge in [0, 0.05) is 12.1 Å². The van der Waals surface area contributed by atoms with Gasteiger partial charge in [0.15, 0.2) is 11.6 Å². The summed E-state index contributed by atoms with van der Waals surface area (Å²) < 4.78 is 24.4. The van der Waals surface area contributed by atoms with Crippen LogP contribution in [0, 0.1) is 11.7 Å². The van der Waals surface area contributed by atoms with Crippen LogP contribution in [0.25, 0.3) is 0 Å². The van der Waals surface area contributed by atoms with Crippen molar-refractivity contribution in [2.75, 3.05) is 18.9 Å². The van der Waals surface area contributed by atoms with Crippen molar-refractivity contribution in [1.29, 1.82) is 0 Å². The SMILES string of the molecule is CCOc1cc(OCC2CCCC2)c(N)cc1F. The Balaban J connectivity index is 2.03. The van der Waals surface area contributed by atoms with Crippen LogP contribution in [-0.2, 0) is 0 Å². The Hall–Kier alpha value is -1.45. The maximum absolute atomic E-state index is 13.5. The van der Waals surface area contributed by atoms with Crippen LogP contribution in [-0.4, -0.2) is 13.2 Å². The normalized spacial score (nSPS) is 15.9. The molecule has 4 heteroatoms. The van der Waals surface area contributed by atoms with Gasteiger partial charge in [-0.15, -0.1) is 0 Å². The van der Waals surface area contributed by atoms with E-state index in [4.69, 9.17) is 15.2 Å². The molecule has 1 aliphatic carbocycles. The molecule has 0 heterocycles. The Morgan fingerprint density at radius 3 is 2.61 bits per heavy atom. The number of benzene rings is 1. The largest absolute Gasteiger partial charge is 0.491 e. The van der Waals surface area contributed by atoms with E-state index in [1.807, 2.05) is 6.92 Å². The smallest absolute Gasteiger partial charge is 0.167 e. The highest BCUT2D eigenvalue weighted by Crippen LogP contribution is 2.32. The molecule has 100 valence electrons. The molecule has 1 aromatic rings. The third kappa shape index (κ3) is 3.06. The highest BCUT2D eigenvalue weighted by atomic mass is 19.1. The van der Waals surface area contributed by atoms with Crippen molar-refractivity contribution < 1.29 is 13.9 Å². The predicted octanol–water partition coefficient (Wildman–Crippen LogP) is 3.38. The molecule has 0 atom stereocenters. The molecule has 0 amide bonds. The maximum Gasteiger partial charge on any atom is 0.167 e. The first-order chi connectivity index (χ1) is 8.70. The minimum atomic E-state index is -0.442. The van der Waals surface area contributed by atoms with Crippen molar-refractivity contribution in [3.63, 3.8) is 0 Å². The highest BCUT2D eigenvalue weighted by Gasteiger charge is 2.17. The van der Waals surface area contributed by atoms with Crippen molar-refractivity contribution in [2.24, 2.45) is 5.92 Å². The fourth-order valence-electron chi connectivity index (χ4n) is 2.33. The Morgan fingerprint density at radius 2 is 1.94 bits per heavy atom. The lowest BCUT2D eigenvalue weighted by Gasteiger charge is -2.14. The molecule has 0 bridgehead atoms. The van der Waals surface area contributed by atoms with E-state index in [2.05, 4.69) is 0 Å². The van der Waals surface area contributed by atoms with Crippen LogP contribution < -0.4 is 15.2 Å². The van der Waals surface area contributed by atoms with Crippen molar-refractivity contribution in [3.05, 3.63) is 17.9 Å². The lowest BCUT2D eigenvalue weighted by molar-refractivity contribution is 0.250. The molecular formula is C14H20FNO2. The number of rotatable bonds is 5. The van der Waals surface area contributed by atoms with Gasteiger partial charge in [0.1, 0.15) is 5.75 Å². The molecule has 2 rings (SSSR count). The van der Waals surface area contributed by atoms with Crippen LogP contribution in [0.3, 0.4) is 0 Å². The lowest BCUT2D eigenvalue weighted by Crippen LogP contribution is -2.09. The molecule has 0 saturated heterocycles. The molecule has 2 N–H and O–H groups in total. The lowest BCUT2D eigenvalue weighted by atomic mass is 10.1. The molecule has 0 spiro atoms. The molecule has 1 aliphatic rings. The quantitative estimate of drug-likeness (QED) is 0.818. The van der Waals surface area contributed by atoms with Gasteiger partial charge in [-0.2, -0.15) is 0 Å². The van der Waals surface area contributed by atoms with Gasteiger partial charge in [-0.05, 0) is 25.7 Å². The monoisotopic (exact) mass is 253 g/mol. The summed E-state index contributed by atoms with van der Waals surface area (Å²) in [4.78, 5) is 0. The van der Waals surface area contributed by atoms with Crippen molar-refractivity contribution in [1.82, 2.24) is 0 Å². The Kier molecular flexibility index (Phi) is 4.28. The molecule has 1 saturated carbocycles. The fourth-order valence-corrected chi connectivity index (χ4v) is 2.33. The first-order valence-corrected chi connectivity index (χ1v) is 6.55. The summed E-state index contributed by atoms with van der Waals surface area (Å²) in [7, 11) is 0. The third-order valence-electron chi connectivity index (χ3n) is 3.31. The van der Waals surface area contributed by atoms with E-state index in [-0.39, 0.29) is 5.75 Å². The van der Waals surface area contributed by atoms with Crippen LogP contribution in [0.4, 0.5) is 10.1 Å². The van der Waals surface area contributed by atoms with Crippen LogP contribution >= 0.6 is 0 Å². The van der Waals surface area contributed by atoms with Gasteiger partial charge in [-0.25, -0.2) is 4.39 Å². The van der Waals surface area contributed by atoms with Crippen molar-refractivity contribution in [2.45, 2.75) is 32.6 Å². The summed E-state index contributed by atoms with van der Waals surface area (Å²) in [6.07, 6.45) is 4.97. The van der Waals surface area contributed by atoms with E-state index in [1.54, 1.807) is 6.07 Å². The van der Waals surface area contributed by atoms with Crippen molar-refractivity contribution in [3.8, 4) is 11.5 Å². The minimum absolute atomic E-state index is 0.202. The number of nitrogen functional groups attached to an aromatic ring is 1. The molecule has 0 unspecified atom stereocenters. The second-order valence-corrected chi connectivity index (χ2v) is 4.71. The number of halogens is 1. The van der Waals surface area contributed by atoms with Crippen molar-refractivity contribution >= 4 is 5.69 Å².